The highest BCUT2D eigenvalue weighted by molar-refractivity contribution is 5.96. The van der Waals surface area contributed by atoms with Crippen LogP contribution in [-0.4, -0.2) is 52.3 Å². The van der Waals surface area contributed by atoms with Gasteiger partial charge in [0.15, 0.2) is 5.69 Å². The van der Waals surface area contributed by atoms with Crippen LogP contribution in [-0.2, 0) is 9.53 Å². The van der Waals surface area contributed by atoms with Crippen LogP contribution in [0.5, 0.6) is 0 Å². The summed E-state index contributed by atoms with van der Waals surface area (Å²) in [6.45, 7) is 0.464. The molecule has 0 bridgehead atoms. The molecule has 1 aliphatic carbocycles. The molecule has 0 radical (unpaired) electrons. The molecular weight excluding hydrogens is 438 g/mol. The van der Waals surface area contributed by atoms with Gasteiger partial charge in [-0.05, 0) is 41.5 Å². The minimum Gasteiger partial charge on any atom is -0.480 e. The van der Waals surface area contributed by atoms with E-state index < -0.39 is 24.0 Å². The molecule has 2 amide bonds. The second-order valence-electron chi connectivity index (χ2n) is 8.38. The Morgan fingerprint density at radius 1 is 1.06 bits per heavy atom. The van der Waals surface area contributed by atoms with Crippen molar-refractivity contribution in [2.45, 2.75) is 31.2 Å². The Hall–Kier alpha value is -4.14. The summed E-state index contributed by atoms with van der Waals surface area (Å²) in [6, 6.07) is 16.4. The standard InChI is InChI=1S/C25H23N3O6/c29-23(28-12-6-5-11-21(28)24(30)31)20-13-22(34-27-20)26-25(32)33-14-19-17-9-3-1-7-15(17)16-8-2-4-10-18(16)19/h1-4,7-10,13,19,21H,5-6,11-12,14H2,(H,26,32)(H,30,31). The first kappa shape index (κ1) is 21.7. The summed E-state index contributed by atoms with van der Waals surface area (Å²) in [5, 5.41) is 15.5. The number of fused-ring (bicyclic) bond motifs is 3. The van der Waals surface area contributed by atoms with Crippen molar-refractivity contribution >= 4 is 23.9 Å². The lowest BCUT2D eigenvalue weighted by molar-refractivity contribution is -0.143. The van der Waals surface area contributed by atoms with E-state index in [2.05, 4.69) is 22.6 Å². The second kappa shape index (κ2) is 9.01. The molecule has 1 atom stereocenters. The zero-order valence-electron chi connectivity index (χ0n) is 18.3. The highest BCUT2D eigenvalue weighted by Gasteiger charge is 2.34. The molecule has 9 heteroatoms. The van der Waals surface area contributed by atoms with Crippen LogP contribution in [0, 0.1) is 0 Å². The van der Waals surface area contributed by atoms with Crippen molar-refractivity contribution in [1.82, 2.24) is 10.1 Å². The number of hydrogen-bond acceptors (Lipinski definition) is 6. The van der Waals surface area contributed by atoms with Gasteiger partial charge in [0.1, 0.15) is 12.6 Å². The average molecular weight is 461 g/mol. The van der Waals surface area contributed by atoms with Gasteiger partial charge >= 0.3 is 12.1 Å². The third-order valence-corrected chi connectivity index (χ3v) is 6.35. The summed E-state index contributed by atoms with van der Waals surface area (Å²) < 4.78 is 10.5. The van der Waals surface area contributed by atoms with Crippen molar-refractivity contribution in [2.24, 2.45) is 0 Å². The number of carbonyl (C=O) groups is 3. The summed E-state index contributed by atoms with van der Waals surface area (Å²) in [5.74, 6) is -1.73. The Kier molecular flexibility index (Phi) is 5.75. The van der Waals surface area contributed by atoms with E-state index in [1.807, 2.05) is 36.4 Å². The highest BCUT2D eigenvalue weighted by Crippen LogP contribution is 2.44. The molecule has 3 aromatic rings. The Morgan fingerprint density at radius 3 is 2.41 bits per heavy atom. The van der Waals surface area contributed by atoms with E-state index in [1.165, 1.54) is 11.0 Å². The number of hydrogen-bond donors (Lipinski definition) is 2. The van der Waals surface area contributed by atoms with Crippen LogP contribution in [0.3, 0.4) is 0 Å². The molecule has 2 aromatic carbocycles. The number of aliphatic carboxylic acids is 1. The number of likely N-dealkylation sites (tertiary alicyclic amines) is 1. The molecule has 174 valence electrons. The highest BCUT2D eigenvalue weighted by atomic mass is 16.6. The van der Waals surface area contributed by atoms with Crippen LogP contribution < -0.4 is 5.32 Å². The smallest absolute Gasteiger partial charge is 0.414 e. The minimum atomic E-state index is -1.05. The number of piperidine rings is 1. The van der Waals surface area contributed by atoms with Gasteiger partial charge in [0, 0.05) is 18.5 Å². The van der Waals surface area contributed by atoms with Gasteiger partial charge in [-0.2, -0.15) is 0 Å². The van der Waals surface area contributed by atoms with Crippen molar-refractivity contribution < 1.29 is 28.8 Å². The van der Waals surface area contributed by atoms with Crippen molar-refractivity contribution in [3.05, 3.63) is 71.4 Å². The lowest BCUT2D eigenvalue weighted by Gasteiger charge is -2.32. The number of ether oxygens (including phenoxy) is 1. The topological polar surface area (TPSA) is 122 Å². The van der Waals surface area contributed by atoms with Gasteiger partial charge in [0.25, 0.3) is 5.91 Å². The molecule has 1 aliphatic heterocycles. The maximum atomic E-state index is 12.7. The SMILES string of the molecule is O=C(Nc1cc(C(=O)N2CCCCC2C(=O)O)no1)OCC1c2ccccc2-c2ccccc21. The number of amides is 2. The molecule has 1 unspecified atom stereocenters. The average Bonchev–Trinajstić information content (AvgIpc) is 3.45. The summed E-state index contributed by atoms with van der Waals surface area (Å²) in [5.41, 5.74) is 4.38. The van der Waals surface area contributed by atoms with E-state index in [0.717, 1.165) is 35.1 Å². The second-order valence-corrected chi connectivity index (χ2v) is 8.38. The van der Waals surface area contributed by atoms with E-state index in [9.17, 15) is 19.5 Å². The van der Waals surface area contributed by atoms with E-state index in [0.29, 0.717) is 13.0 Å². The quantitative estimate of drug-likeness (QED) is 0.586. The van der Waals surface area contributed by atoms with Gasteiger partial charge in [0.2, 0.25) is 5.88 Å². The number of carboxylic acid groups (broad SMARTS) is 1. The summed E-state index contributed by atoms with van der Waals surface area (Å²) in [7, 11) is 0. The predicted octanol–water partition coefficient (Wildman–Crippen LogP) is 4.11. The molecule has 1 saturated heterocycles. The van der Waals surface area contributed by atoms with E-state index >= 15 is 0 Å². The lowest BCUT2D eigenvalue weighted by atomic mass is 9.98. The van der Waals surface area contributed by atoms with Gasteiger partial charge in [0.05, 0.1) is 0 Å². The molecule has 1 fully saturated rings. The summed E-state index contributed by atoms with van der Waals surface area (Å²) in [4.78, 5) is 37.9. The van der Waals surface area contributed by atoms with Gasteiger partial charge in [-0.15, -0.1) is 0 Å². The van der Waals surface area contributed by atoms with E-state index in [1.54, 1.807) is 0 Å². The first-order chi connectivity index (χ1) is 16.5. The van der Waals surface area contributed by atoms with Crippen molar-refractivity contribution in [2.75, 3.05) is 18.5 Å². The van der Waals surface area contributed by atoms with Crippen LogP contribution >= 0.6 is 0 Å². The molecule has 2 heterocycles. The predicted molar refractivity (Wildman–Crippen MR) is 122 cm³/mol. The monoisotopic (exact) mass is 461 g/mol. The van der Waals surface area contributed by atoms with Gasteiger partial charge in [-0.1, -0.05) is 53.7 Å². The van der Waals surface area contributed by atoms with Crippen LogP contribution in [0.1, 0.15) is 46.8 Å². The molecule has 2 N–H and O–H groups in total. The number of anilines is 1. The van der Waals surface area contributed by atoms with Gasteiger partial charge < -0.3 is 19.3 Å². The maximum Gasteiger partial charge on any atom is 0.414 e. The molecule has 1 aromatic heterocycles. The molecule has 0 spiro atoms. The van der Waals surface area contributed by atoms with Crippen LogP contribution in [0.2, 0.25) is 0 Å². The van der Waals surface area contributed by atoms with E-state index in [4.69, 9.17) is 9.26 Å². The number of carbonyl (C=O) groups excluding carboxylic acids is 2. The number of nitrogens with zero attached hydrogens (tertiary/aromatic N) is 2. The van der Waals surface area contributed by atoms with Crippen LogP contribution in [0.15, 0.2) is 59.1 Å². The third-order valence-electron chi connectivity index (χ3n) is 6.35. The van der Waals surface area contributed by atoms with Crippen LogP contribution in [0.25, 0.3) is 11.1 Å². The lowest BCUT2D eigenvalue weighted by Crippen LogP contribution is -2.48. The normalized spacial score (nSPS) is 17.1. The fourth-order valence-electron chi connectivity index (χ4n) is 4.75. The Balaban J connectivity index is 1.23. The first-order valence-electron chi connectivity index (χ1n) is 11.2. The molecular formula is C25H23N3O6. The number of nitrogens with one attached hydrogen (secondary N) is 1. The maximum absolute atomic E-state index is 12.7. The zero-order chi connectivity index (χ0) is 23.7. The van der Waals surface area contributed by atoms with Gasteiger partial charge in [-0.3, -0.25) is 10.1 Å². The van der Waals surface area contributed by atoms with Gasteiger partial charge in [-0.25, -0.2) is 9.59 Å². The Morgan fingerprint density at radius 2 is 1.74 bits per heavy atom. The number of rotatable bonds is 5. The van der Waals surface area contributed by atoms with Crippen molar-refractivity contribution in [3.63, 3.8) is 0 Å². The summed E-state index contributed by atoms with van der Waals surface area (Å²) in [6.07, 6.45) is 1.12. The Labute approximate surface area is 195 Å². The van der Waals surface area contributed by atoms with Crippen LogP contribution in [0.4, 0.5) is 10.7 Å². The van der Waals surface area contributed by atoms with Crippen molar-refractivity contribution in [1.29, 1.82) is 0 Å². The molecule has 9 nitrogen and oxygen atoms in total. The van der Waals surface area contributed by atoms with E-state index in [-0.39, 0.29) is 24.1 Å². The molecule has 0 saturated carbocycles. The number of benzene rings is 2. The third kappa shape index (κ3) is 4.00. The first-order valence-corrected chi connectivity index (χ1v) is 11.2. The molecule has 2 aliphatic rings. The Bertz CT molecular complexity index is 1210. The van der Waals surface area contributed by atoms with Crippen molar-refractivity contribution in [3.8, 4) is 11.1 Å². The fourth-order valence-corrected chi connectivity index (χ4v) is 4.75. The number of aromatic nitrogens is 1. The molecule has 34 heavy (non-hydrogen) atoms. The molecule has 5 rings (SSSR count). The summed E-state index contributed by atoms with van der Waals surface area (Å²) >= 11 is 0. The number of carboxylic acids is 1. The fraction of sp³-hybridized carbons (Fsp3) is 0.280. The largest absolute Gasteiger partial charge is 0.480 e. The minimum absolute atomic E-state index is 0.0514. The zero-order valence-corrected chi connectivity index (χ0v) is 18.3.